The number of benzene rings is 1. The van der Waals surface area contributed by atoms with Gasteiger partial charge in [0, 0.05) is 12.1 Å². The highest BCUT2D eigenvalue weighted by molar-refractivity contribution is 7.89. The first kappa shape index (κ1) is 15.7. The highest BCUT2D eigenvalue weighted by Crippen LogP contribution is 2.25. The minimum atomic E-state index is -3.90. The van der Waals surface area contributed by atoms with Gasteiger partial charge in [0.25, 0.3) is 15.2 Å². The van der Waals surface area contributed by atoms with Gasteiger partial charge in [0.2, 0.25) is 0 Å². The molecule has 2 N–H and O–H groups in total. The lowest BCUT2D eigenvalue weighted by Crippen LogP contribution is -2.20. The Hall–Kier alpha value is -1.73. The molecule has 0 aliphatic carbocycles. The van der Waals surface area contributed by atoms with Crippen molar-refractivity contribution < 1.29 is 8.42 Å². The molecule has 0 saturated heterocycles. The fourth-order valence-corrected chi connectivity index (χ4v) is 2.90. The fraction of sp³-hybridized carbons (Fsp3) is 0.429. The minimum Gasteiger partial charge on any atom is -0.296 e. The lowest BCUT2D eigenvalue weighted by Gasteiger charge is -2.13. The average molecular weight is 308 g/mol. The summed E-state index contributed by atoms with van der Waals surface area (Å²) in [6, 6.07) is 7.78. The van der Waals surface area contributed by atoms with Crippen molar-refractivity contribution in [2.24, 2.45) is 11.1 Å². The van der Waals surface area contributed by atoms with E-state index in [1.807, 2.05) is 45.0 Å². The normalized spacial score (nSPS) is 12.0. The summed E-state index contributed by atoms with van der Waals surface area (Å²) in [5.41, 5.74) is 1.99. The summed E-state index contributed by atoms with van der Waals surface area (Å²) in [5, 5.41) is 12.9. The van der Waals surface area contributed by atoms with Crippen molar-refractivity contribution in [3.63, 3.8) is 0 Å². The van der Waals surface area contributed by atoms with Crippen LogP contribution < -0.4 is 5.14 Å². The highest BCUT2D eigenvalue weighted by Gasteiger charge is 2.23. The number of aromatic nitrogens is 3. The van der Waals surface area contributed by atoms with Crippen molar-refractivity contribution in [1.82, 2.24) is 14.8 Å². The second kappa shape index (κ2) is 5.95. The van der Waals surface area contributed by atoms with Crippen LogP contribution in [0.25, 0.3) is 11.4 Å². The lowest BCUT2D eigenvalue weighted by molar-refractivity contribution is 0.486. The van der Waals surface area contributed by atoms with E-state index in [0.717, 1.165) is 17.5 Å². The summed E-state index contributed by atoms with van der Waals surface area (Å²) in [5.74, 6) is 0.791. The number of primary sulfonamides is 1. The second-order valence-corrected chi connectivity index (χ2v) is 6.82. The molecule has 1 heterocycles. The van der Waals surface area contributed by atoms with Gasteiger partial charge in [-0.05, 0) is 17.9 Å². The molecular formula is C14H20N4O2S. The molecule has 0 atom stereocenters. The van der Waals surface area contributed by atoms with Crippen LogP contribution in [-0.4, -0.2) is 23.2 Å². The molecule has 0 bridgehead atoms. The molecule has 0 aliphatic rings. The summed E-state index contributed by atoms with van der Waals surface area (Å²) >= 11 is 0. The first-order valence-electron chi connectivity index (χ1n) is 6.88. The zero-order valence-corrected chi connectivity index (χ0v) is 13.3. The van der Waals surface area contributed by atoms with Gasteiger partial charge in [-0.25, -0.2) is 13.6 Å². The maximum absolute atomic E-state index is 11.7. The minimum absolute atomic E-state index is 0.183. The van der Waals surface area contributed by atoms with Crippen molar-refractivity contribution in [1.29, 1.82) is 0 Å². The van der Waals surface area contributed by atoms with Crippen LogP contribution >= 0.6 is 0 Å². The lowest BCUT2D eigenvalue weighted by atomic mass is 10.0. The van der Waals surface area contributed by atoms with E-state index in [4.69, 9.17) is 5.14 Å². The predicted octanol–water partition coefficient (Wildman–Crippen LogP) is 1.81. The number of aryl methyl sites for hydroxylation is 1. The van der Waals surface area contributed by atoms with Crippen LogP contribution in [0.15, 0.2) is 29.4 Å². The third-order valence-corrected chi connectivity index (χ3v) is 3.97. The summed E-state index contributed by atoms with van der Waals surface area (Å²) in [7, 11) is -3.90. The van der Waals surface area contributed by atoms with E-state index in [1.54, 1.807) is 4.57 Å². The largest absolute Gasteiger partial charge is 0.296 e. The van der Waals surface area contributed by atoms with Crippen molar-refractivity contribution in [2.75, 3.05) is 0 Å². The molecule has 7 heteroatoms. The van der Waals surface area contributed by atoms with Gasteiger partial charge in [0.1, 0.15) is 0 Å². The van der Waals surface area contributed by atoms with Gasteiger partial charge in [0.05, 0.1) is 0 Å². The highest BCUT2D eigenvalue weighted by atomic mass is 32.2. The van der Waals surface area contributed by atoms with Crippen LogP contribution in [0.5, 0.6) is 0 Å². The molecule has 1 aromatic heterocycles. The zero-order valence-electron chi connectivity index (χ0n) is 12.4. The maximum atomic E-state index is 11.7. The van der Waals surface area contributed by atoms with E-state index in [1.165, 1.54) is 0 Å². The molecule has 2 rings (SSSR count). The number of hydrogen-bond donors (Lipinski definition) is 1. The standard InChI is InChI=1S/C14H20N4O2S/c1-4-11-7-5-6-8-12(11)13-16-17-14(21(15,19)20)18(13)9-10(2)3/h5-8,10H,4,9H2,1-3H3,(H2,15,19,20). The van der Waals surface area contributed by atoms with E-state index >= 15 is 0 Å². The molecule has 0 saturated carbocycles. The zero-order chi connectivity index (χ0) is 15.6. The van der Waals surface area contributed by atoms with E-state index in [2.05, 4.69) is 10.2 Å². The third-order valence-electron chi connectivity index (χ3n) is 3.16. The molecule has 2 aromatic rings. The fourth-order valence-electron chi connectivity index (χ4n) is 2.27. The summed E-state index contributed by atoms with van der Waals surface area (Å²) < 4.78 is 25.0. The summed E-state index contributed by atoms with van der Waals surface area (Å²) in [4.78, 5) is 0. The van der Waals surface area contributed by atoms with E-state index in [-0.39, 0.29) is 11.1 Å². The van der Waals surface area contributed by atoms with E-state index < -0.39 is 10.0 Å². The second-order valence-electron chi connectivity index (χ2n) is 5.37. The molecule has 0 spiro atoms. The van der Waals surface area contributed by atoms with Gasteiger partial charge in [0.15, 0.2) is 5.82 Å². The molecule has 0 radical (unpaired) electrons. The first-order valence-corrected chi connectivity index (χ1v) is 8.43. The smallest absolute Gasteiger partial charge is 0.273 e. The van der Waals surface area contributed by atoms with Gasteiger partial charge >= 0.3 is 0 Å². The van der Waals surface area contributed by atoms with Gasteiger partial charge < -0.3 is 0 Å². The maximum Gasteiger partial charge on any atom is 0.273 e. The van der Waals surface area contributed by atoms with Crippen LogP contribution in [0, 0.1) is 5.92 Å². The molecule has 0 unspecified atom stereocenters. The number of hydrogen-bond acceptors (Lipinski definition) is 4. The molecule has 0 amide bonds. The predicted molar refractivity (Wildman–Crippen MR) is 81.0 cm³/mol. The number of nitrogens with two attached hydrogens (primary N) is 1. The van der Waals surface area contributed by atoms with Gasteiger partial charge in [-0.1, -0.05) is 45.0 Å². The van der Waals surface area contributed by atoms with Crippen LogP contribution in [-0.2, 0) is 23.0 Å². The Morgan fingerprint density at radius 2 is 1.90 bits per heavy atom. The van der Waals surface area contributed by atoms with Crippen molar-refractivity contribution in [2.45, 2.75) is 38.9 Å². The molecule has 0 fully saturated rings. The number of nitrogens with zero attached hydrogens (tertiary/aromatic N) is 3. The van der Waals surface area contributed by atoms with Gasteiger partial charge in [-0.3, -0.25) is 4.57 Å². The Morgan fingerprint density at radius 3 is 2.48 bits per heavy atom. The third kappa shape index (κ3) is 3.30. The quantitative estimate of drug-likeness (QED) is 0.912. The molecule has 6 nitrogen and oxygen atoms in total. The molecular weight excluding hydrogens is 288 g/mol. The number of sulfonamides is 1. The first-order chi connectivity index (χ1) is 9.84. The molecule has 21 heavy (non-hydrogen) atoms. The van der Waals surface area contributed by atoms with Gasteiger partial charge in [-0.2, -0.15) is 0 Å². The van der Waals surface area contributed by atoms with Crippen LogP contribution in [0.3, 0.4) is 0 Å². The molecule has 1 aromatic carbocycles. The van der Waals surface area contributed by atoms with Crippen molar-refractivity contribution in [3.8, 4) is 11.4 Å². The Balaban J connectivity index is 2.67. The summed E-state index contributed by atoms with van der Waals surface area (Å²) in [6.07, 6.45) is 0.829. The monoisotopic (exact) mass is 308 g/mol. The SMILES string of the molecule is CCc1ccccc1-c1nnc(S(N)(=O)=O)n1CC(C)C. The van der Waals surface area contributed by atoms with Crippen LogP contribution in [0.4, 0.5) is 0 Å². The molecule has 114 valence electrons. The van der Waals surface area contributed by atoms with Crippen LogP contribution in [0.1, 0.15) is 26.3 Å². The van der Waals surface area contributed by atoms with E-state index in [0.29, 0.717) is 12.4 Å². The Morgan fingerprint density at radius 1 is 1.24 bits per heavy atom. The van der Waals surface area contributed by atoms with E-state index in [9.17, 15) is 8.42 Å². The summed E-state index contributed by atoms with van der Waals surface area (Å²) in [6.45, 7) is 6.54. The topological polar surface area (TPSA) is 90.9 Å². The van der Waals surface area contributed by atoms with Crippen molar-refractivity contribution in [3.05, 3.63) is 29.8 Å². The number of rotatable bonds is 5. The Kier molecular flexibility index (Phi) is 4.43. The Bertz CT molecular complexity index is 735. The van der Waals surface area contributed by atoms with Crippen LogP contribution in [0.2, 0.25) is 0 Å². The Labute approximate surface area is 125 Å². The molecule has 0 aliphatic heterocycles. The van der Waals surface area contributed by atoms with Gasteiger partial charge in [-0.15, -0.1) is 10.2 Å². The average Bonchev–Trinajstić information content (AvgIpc) is 2.81. The van der Waals surface area contributed by atoms with Crippen molar-refractivity contribution >= 4 is 10.0 Å².